The molecule has 4 N–H and O–H groups in total. The number of benzene rings is 3. The number of fused-ring (bicyclic) bond motifs is 1. The summed E-state index contributed by atoms with van der Waals surface area (Å²) in [5.41, 5.74) is -0.336. The minimum atomic E-state index is -4.84. The highest BCUT2D eigenvalue weighted by atomic mass is 32.2. The molecule has 0 radical (unpaired) electrons. The fraction of sp³-hybridized carbons (Fsp3) is 0.111. The molecule has 0 heterocycles. The van der Waals surface area contributed by atoms with Crippen LogP contribution in [0, 0.1) is 0 Å². The Kier molecular flexibility index (Phi) is 5.87. The van der Waals surface area contributed by atoms with Gasteiger partial charge in [0.05, 0.1) is 7.11 Å². The molecule has 3 rings (SSSR count). The number of azo groups is 1. The first-order valence-electron chi connectivity index (χ1n) is 8.48. The van der Waals surface area contributed by atoms with Gasteiger partial charge in [0, 0.05) is 24.2 Å². The van der Waals surface area contributed by atoms with Crippen molar-refractivity contribution in [3.05, 3.63) is 42.5 Å². The number of rotatable bonds is 6. The average Bonchev–Trinajstić information content (AvgIpc) is 2.71. The molecule has 3 aromatic carbocycles. The van der Waals surface area contributed by atoms with Gasteiger partial charge >= 0.3 is 0 Å². The van der Waals surface area contributed by atoms with Gasteiger partial charge in [-0.25, -0.2) is 0 Å². The molecule has 13 heteroatoms. The van der Waals surface area contributed by atoms with Gasteiger partial charge in [0.1, 0.15) is 26.9 Å². The zero-order chi connectivity index (χ0) is 23.0. The van der Waals surface area contributed by atoms with E-state index in [1.807, 2.05) is 0 Å². The van der Waals surface area contributed by atoms with E-state index >= 15 is 0 Å². The van der Waals surface area contributed by atoms with Crippen molar-refractivity contribution >= 4 is 48.1 Å². The number of hydrogen-bond donors (Lipinski definition) is 4. The second-order valence-corrected chi connectivity index (χ2v) is 9.02. The molecule has 164 valence electrons. The van der Waals surface area contributed by atoms with Crippen LogP contribution >= 0.6 is 0 Å². The third kappa shape index (κ3) is 4.59. The molecule has 0 saturated carbocycles. The predicted molar refractivity (Wildman–Crippen MR) is 112 cm³/mol. The fourth-order valence-corrected chi connectivity index (χ4v) is 4.11. The van der Waals surface area contributed by atoms with Crippen LogP contribution in [0.1, 0.15) is 0 Å². The van der Waals surface area contributed by atoms with Crippen molar-refractivity contribution in [1.29, 1.82) is 0 Å². The van der Waals surface area contributed by atoms with Crippen molar-refractivity contribution < 1.29 is 35.8 Å². The molecule has 0 fully saturated rings. The topological polar surface area (TPSA) is 175 Å². The van der Waals surface area contributed by atoms with E-state index in [0.29, 0.717) is 11.1 Å². The highest BCUT2D eigenvalue weighted by Crippen LogP contribution is 2.42. The lowest BCUT2D eigenvalue weighted by Crippen LogP contribution is -2.00. The molecule has 3 aromatic rings. The molecule has 11 nitrogen and oxygen atoms in total. The molecule has 0 spiro atoms. The van der Waals surface area contributed by atoms with E-state index in [1.54, 1.807) is 19.2 Å². The molecule has 0 aliphatic carbocycles. The molecule has 0 bridgehead atoms. The Bertz CT molecular complexity index is 1420. The second kappa shape index (κ2) is 8.11. The maximum absolute atomic E-state index is 11.9. The van der Waals surface area contributed by atoms with Gasteiger partial charge in [-0.3, -0.25) is 9.11 Å². The Morgan fingerprint density at radius 1 is 0.903 bits per heavy atom. The van der Waals surface area contributed by atoms with Gasteiger partial charge in [0.15, 0.2) is 5.75 Å². The van der Waals surface area contributed by atoms with Crippen LogP contribution in [0.25, 0.3) is 10.8 Å². The zero-order valence-corrected chi connectivity index (χ0v) is 17.8. The number of nitrogens with zero attached hydrogens (tertiary/aromatic N) is 2. The number of ether oxygens (including phenoxy) is 1. The van der Waals surface area contributed by atoms with E-state index in [1.165, 1.54) is 19.2 Å². The van der Waals surface area contributed by atoms with Gasteiger partial charge < -0.3 is 15.2 Å². The summed E-state index contributed by atoms with van der Waals surface area (Å²) in [6.45, 7) is 0. The first kappa shape index (κ1) is 22.4. The van der Waals surface area contributed by atoms with Gasteiger partial charge in [0.2, 0.25) is 0 Å². The van der Waals surface area contributed by atoms with E-state index in [4.69, 9.17) is 4.74 Å². The molecule has 31 heavy (non-hydrogen) atoms. The molecular weight excluding hydrogens is 450 g/mol. The highest BCUT2D eigenvalue weighted by Gasteiger charge is 2.23. The summed E-state index contributed by atoms with van der Waals surface area (Å²) in [4.78, 5) is -1.39. The molecule has 0 aliphatic heterocycles. The van der Waals surface area contributed by atoms with E-state index in [9.17, 15) is 31.0 Å². The third-order valence-corrected chi connectivity index (χ3v) is 6.07. The zero-order valence-electron chi connectivity index (χ0n) is 16.1. The van der Waals surface area contributed by atoms with Crippen LogP contribution in [-0.2, 0) is 20.2 Å². The Labute approximate surface area is 177 Å². The molecule has 0 amide bonds. The first-order chi connectivity index (χ1) is 14.5. The van der Waals surface area contributed by atoms with Crippen molar-refractivity contribution in [1.82, 2.24) is 0 Å². The van der Waals surface area contributed by atoms with Crippen LogP contribution in [0.3, 0.4) is 0 Å². The number of aromatic hydroxyl groups is 1. The Morgan fingerprint density at radius 2 is 1.58 bits per heavy atom. The number of hydrogen-bond acceptors (Lipinski definition) is 9. The van der Waals surface area contributed by atoms with Crippen LogP contribution in [0.2, 0.25) is 0 Å². The summed E-state index contributed by atoms with van der Waals surface area (Å²) in [5.74, 6) is -0.488. The lowest BCUT2D eigenvalue weighted by molar-refractivity contribution is 0.412. The summed E-state index contributed by atoms with van der Waals surface area (Å²) in [6.07, 6.45) is 0. The summed E-state index contributed by atoms with van der Waals surface area (Å²) >= 11 is 0. The molecule has 0 atom stereocenters. The van der Waals surface area contributed by atoms with Gasteiger partial charge in [-0.15, -0.1) is 10.2 Å². The predicted octanol–water partition coefficient (Wildman–Crippen LogP) is 3.50. The number of phenols is 1. The quantitative estimate of drug-likeness (QED) is 0.312. The molecule has 0 aliphatic rings. The van der Waals surface area contributed by atoms with Crippen molar-refractivity contribution in [3.63, 3.8) is 0 Å². The SMILES string of the molecule is CNc1ccc2c(O)c(/N=N/c3ccc(OC)cc3S(=O)(=O)O)c(S(=O)(=O)O)cc2c1. The third-order valence-electron chi connectivity index (χ3n) is 4.32. The average molecular weight is 467 g/mol. The number of anilines is 1. The molecular formula is C18H17N3O8S2. The van der Waals surface area contributed by atoms with E-state index in [-0.39, 0.29) is 16.8 Å². The Balaban J connectivity index is 2.26. The van der Waals surface area contributed by atoms with Crippen LogP contribution in [0.15, 0.2) is 62.5 Å². The van der Waals surface area contributed by atoms with E-state index in [2.05, 4.69) is 15.5 Å². The second-order valence-electron chi connectivity index (χ2n) is 6.24. The van der Waals surface area contributed by atoms with E-state index in [0.717, 1.165) is 18.2 Å². The van der Waals surface area contributed by atoms with Gasteiger partial charge in [-0.05, 0) is 41.8 Å². The summed E-state index contributed by atoms with van der Waals surface area (Å²) < 4.78 is 71.1. The highest BCUT2D eigenvalue weighted by molar-refractivity contribution is 7.86. The maximum atomic E-state index is 11.9. The first-order valence-corrected chi connectivity index (χ1v) is 11.4. The minimum absolute atomic E-state index is 0.110. The van der Waals surface area contributed by atoms with Gasteiger partial charge in [-0.2, -0.15) is 16.8 Å². The van der Waals surface area contributed by atoms with Gasteiger partial charge in [-0.1, -0.05) is 0 Å². The lowest BCUT2D eigenvalue weighted by Gasteiger charge is -2.10. The maximum Gasteiger partial charge on any atom is 0.296 e. The summed E-state index contributed by atoms with van der Waals surface area (Å²) in [7, 11) is -6.64. The Morgan fingerprint density at radius 3 is 2.16 bits per heavy atom. The number of nitrogens with one attached hydrogen (secondary N) is 1. The van der Waals surface area contributed by atoms with E-state index < -0.39 is 41.5 Å². The molecule has 0 unspecified atom stereocenters. The minimum Gasteiger partial charge on any atom is -0.505 e. The number of phenolic OH excluding ortho intramolecular Hbond substituents is 1. The number of methoxy groups -OCH3 is 1. The normalized spacial score (nSPS) is 12.4. The van der Waals surface area contributed by atoms with Crippen molar-refractivity contribution in [2.24, 2.45) is 10.2 Å². The van der Waals surface area contributed by atoms with Crippen molar-refractivity contribution in [3.8, 4) is 11.5 Å². The van der Waals surface area contributed by atoms with Crippen LogP contribution in [0.4, 0.5) is 17.1 Å². The van der Waals surface area contributed by atoms with Crippen molar-refractivity contribution in [2.75, 3.05) is 19.5 Å². The lowest BCUT2D eigenvalue weighted by atomic mass is 10.1. The smallest absolute Gasteiger partial charge is 0.296 e. The summed E-state index contributed by atoms with van der Waals surface area (Å²) in [6, 6.07) is 9.26. The molecule has 0 aromatic heterocycles. The van der Waals surface area contributed by atoms with Crippen molar-refractivity contribution in [2.45, 2.75) is 9.79 Å². The largest absolute Gasteiger partial charge is 0.505 e. The fourth-order valence-electron chi connectivity index (χ4n) is 2.81. The summed E-state index contributed by atoms with van der Waals surface area (Å²) in [5, 5.41) is 21.3. The Hall–Kier alpha value is -3.26. The van der Waals surface area contributed by atoms with Crippen LogP contribution in [0.5, 0.6) is 11.5 Å². The van der Waals surface area contributed by atoms with Crippen LogP contribution < -0.4 is 10.1 Å². The molecule has 0 saturated heterocycles. The van der Waals surface area contributed by atoms with Gasteiger partial charge in [0.25, 0.3) is 20.2 Å². The monoisotopic (exact) mass is 467 g/mol. The standard InChI is InChI=1S/C18H17N3O8S2/c1-19-11-3-5-13-10(7-11)8-16(31(26,27)28)17(18(13)22)21-20-14-6-4-12(29-2)9-15(14)30(23,24)25/h3-9,19,22H,1-2H3,(H,23,24,25)(H,26,27,28)/b21-20+. The van der Waals surface area contributed by atoms with Crippen LogP contribution in [-0.4, -0.2) is 45.2 Å².